The molecule has 0 radical (unpaired) electrons. The van der Waals surface area contributed by atoms with E-state index in [1.54, 1.807) is 45.0 Å². The Morgan fingerprint density at radius 1 is 1.35 bits per heavy atom. The maximum atomic E-state index is 11.7. The first-order valence-corrected chi connectivity index (χ1v) is 6.49. The van der Waals surface area contributed by atoms with Crippen LogP contribution in [0.3, 0.4) is 0 Å². The largest absolute Gasteiger partial charge is 0.482 e. The summed E-state index contributed by atoms with van der Waals surface area (Å²) in [5, 5.41) is 11.9. The zero-order chi connectivity index (χ0) is 15.3. The van der Waals surface area contributed by atoms with Crippen molar-refractivity contribution in [3.05, 3.63) is 29.3 Å². The van der Waals surface area contributed by atoms with Crippen molar-refractivity contribution in [3.63, 3.8) is 0 Å². The standard InChI is InChI=1S/C14H18ClNO4/c1-14(2,3)12(13(18)19)16-11(17)8-20-10-7-5-4-6-9(10)15/h4-7,12H,8H2,1-3H3,(H,16,17)(H,18,19)/t12-/m0/s1. The molecule has 1 atom stereocenters. The Hall–Kier alpha value is -1.75. The fourth-order valence-electron chi connectivity index (χ4n) is 1.56. The summed E-state index contributed by atoms with van der Waals surface area (Å²) in [4.78, 5) is 22.9. The number of halogens is 1. The lowest BCUT2D eigenvalue weighted by Crippen LogP contribution is -2.50. The number of carbonyl (C=O) groups excluding carboxylic acids is 1. The predicted octanol–water partition coefficient (Wildman–Crippen LogP) is 2.33. The summed E-state index contributed by atoms with van der Waals surface area (Å²) < 4.78 is 5.25. The number of nitrogens with one attached hydrogen (secondary N) is 1. The average molecular weight is 300 g/mol. The second kappa shape index (κ2) is 6.61. The van der Waals surface area contributed by atoms with E-state index in [9.17, 15) is 9.59 Å². The van der Waals surface area contributed by atoms with Crippen LogP contribution < -0.4 is 10.1 Å². The number of rotatable bonds is 5. The van der Waals surface area contributed by atoms with Gasteiger partial charge >= 0.3 is 5.97 Å². The predicted molar refractivity (Wildman–Crippen MR) is 76.0 cm³/mol. The van der Waals surface area contributed by atoms with Gasteiger partial charge in [0.15, 0.2) is 6.61 Å². The van der Waals surface area contributed by atoms with Crippen LogP contribution in [0.4, 0.5) is 0 Å². The van der Waals surface area contributed by atoms with E-state index in [1.165, 1.54) is 0 Å². The van der Waals surface area contributed by atoms with Crippen LogP contribution in [0.1, 0.15) is 20.8 Å². The molecule has 0 fully saturated rings. The number of carboxylic acid groups (broad SMARTS) is 1. The summed E-state index contributed by atoms with van der Waals surface area (Å²) >= 11 is 5.89. The third kappa shape index (κ3) is 4.74. The molecule has 0 bridgehead atoms. The highest BCUT2D eigenvalue weighted by molar-refractivity contribution is 6.32. The first-order valence-electron chi connectivity index (χ1n) is 6.11. The van der Waals surface area contributed by atoms with Crippen molar-refractivity contribution in [1.82, 2.24) is 5.32 Å². The van der Waals surface area contributed by atoms with Crippen LogP contribution in [-0.2, 0) is 9.59 Å². The minimum absolute atomic E-state index is 0.288. The molecule has 6 heteroatoms. The Morgan fingerprint density at radius 2 is 1.95 bits per heavy atom. The van der Waals surface area contributed by atoms with E-state index in [2.05, 4.69) is 5.32 Å². The maximum Gasteiger partial charge on any atom is 0.326 e. The summed E-state index contributed by atoms with van der Waals surface area (Å²) in [6, 6.07) is 5.77. The summed E-state index contributed by atoms with van der Waals surface area (Å²) in [6.45, 7) is 4.92. The van der Waals surface area contributed by atoms with Crippen LogP contribution in [0.25, 0.3) is 0 Å². The molecule has 0 spiro atoms. The van der Waals surface area contributed by atoms with Gasteiger partial charge in [-0.2, -0.15) is 0 Å². The van der Waals surface area contributed by atoms with Crippen LogP contribution in [-0.4, -0.2) is 29.6 Å². The number of aliphatic carboxylic acids is 1. The van der Waals surface area contributed by atoms with Gasteiger partial charge in [0.2, 0.25) is 0 Å². The van der Waals surface area contributed by atoms with E-state index >= 15 is 0 Å². The molecule has 0 aliphatic carbocycles. The fraction of sp³-hybridized carbons (Fsp3) is 0.429. The molecular weight excluding hydrogens is 282 g/mol. The molecule has 5 nitrogen and oxygen atoms in total. The van der Waals surface area contributed by atoms with Crippen molar-refractivity contribution < 1.29 is 19.4 Å². The molecule has 1 rings (SSSR count). The molecule has 1 amide bonds. The number of amides is 1. The molecule has 110 valence electrons. The summed E-state index contributed by atoms with van der Waals surface area (Å²) in [7, 11) is 0. The van der Waals surface area contributed by atoms with Crippen molar-refractivity contribution in [2.24, 2.45) is 5.41 Å². The summed E-state index contributed by atoms with van der Waals surface area (Å²) in [5.74, 6) is -1.21. The lowest BCUT2D eigenvalue weighted by molar-refractivity contribution is -0.145. The highest BCUT2D eigenvalue weighted by atomic mass is 35.5. The molecular formula is C14H18ClNO4. The summed E-state index contributed by atoms with van der Waals surface area (Å²) in [6.07, 6.45) is 0. The minimum Gasteiger partial charge on any atom is -0.482 e. The van der Waals surface area contributed by atoms with E-state index < -0.39 is 23.3 Å². The Morgan fingerprint density at radius 3 is 2.45 bits per heavy atom. The number of para-hydroxylation sites is 1. The molecule has 0 aliphatic rings. The van der Waals surface area contributed by atoms with Crippen molar-refractivity contribution in [2.45, 2.75) is 26.8 Å². The Labute approximate surface area is 122 Å². The number of carboxylic acids is 1. The van der Waals surface area contributed by atoms with Gasteiger partial charge < -0.3 is 15.2 Å². The van der Waals surface area contributed by atoms with E-state index in [-0.39, 0.29) is 6.61 Å². The van der Waals surface area contributed by atoms with Gasteiger partial charge in [-0.15, -0.1) is 0 Å². The molecule has 20 heavy (non-hydrogen) atoms. The topological polar surface area (TPSA) is 75.6 Å². The number of carbonyl (C=O) groups is 2. The lowest BCUT2D eigenvalue weighted by atomic mass is 9.87. The van der Waals surface area contributed by atoms with Gasteiger partial charge in [0.25, 0.3) is 5.91 Å². The van der Waals surface area contributed by atoms with Crippen LogP contribution in [0, 0.1) is 5.41 Å². The van der Waals surface area contributed by atoms with Gasteiger partial charge in [0, 0.05) is 0 Å². The Balaban J connectivity index is 2.60. The van der Waals surface area contributed by atoms with Gasteiger partial charge in [0.1, 0.15) is 11.8 Å². The molecule has 0 unspecified atom stereocenters. The number of benzene rings is 1. The third-order valence-electron chi connectivity index (χ3n) is 2.61. The Bertz CT molecular complexity index is 496. The second-order valence-corrected chi connectivity index (χ2v) is 5.83. The highest BCUT2D eigenvalue weighted by Crippen LogP contribution is 2.23. The molecule has 0 aromatic heterocycles. The smallest absolute Gasteiger partial charge is 0.326 e. The number of hydrogen-bond donors (Lipinski definition) is 2. The molecule has 1 aromatic rings. The molecule has 0 heterocycles. The van der Waals surface area contributed by atoms with Gasteiger partial charge in [-0.1, -0.05) is 44.5 Å². The summed E-state index contributed by atoms with van der Waals surface area (Å²) in [5.41, 5.74) is -0.591. The zero-order valence-corrected chi connectivity index (χ0v) is 12.4. The number of ether oxygens (including phenoxy) is 1. The highest BCUT2D eigenvalue weighted by Gasteiger charge is 2.32. The molecule has 0 saturated carbocycles. The fourth-order valence-corrected chi connectivity index (χ4v) is 1.75. The average Bonchev–Trinajstić information content (AvgIpc) is 2.33. The van der Waals surface area contributed by atoms with Crippen LogP contribution in [0.2, 0.25) is 5.02 Å². The van der Waals surface area contributed by atoms with Gasteiger partial charge in [-0.3, -0.25) is 4.79 Å². The van der Waals surface area contributed by atoms with E-state index in [0.29, 0.717) is 10.8 Å². The van der Waals surface area contributed by atoms with Crippen molar-refractivity contribution in [3.8, 4) is 5.75 Å². The number of hydrogen-bond acceptors (Lipinski definition) is 3. The van der Waals surface area contributed by atoms with E-state index in [1.807, 2.05) is 0 Å². The van der Waals surface area contributed by atoms with Gasteiger partial charge in [-0.25, -0.2) is 4.79 Å². The Kier molecular flexibility index (Phi) is 5.39. The monoisotopic (exact) mass is 299 g/mol. The van der Waals surface area contributed by atoms with Crippen LogP contribution in [0.5, 0.6) is 5.75 Å². The first-order chi connectivity index (χ1) is 9.21. The maximum absolute atomic E-state index is 11.7. The molecule has 0 aliphatic heterocycles. The lowest BCUT2D eigenvalue weighted by Gasteiger charge is -2.27. The first kappa shape index (κ1) is 16.3. The van der Waals surface area contributed by atoms with Crippen molar-refractivity contribution >= 4 is 23.5 Å². The molecule has 1 aromatic carbocycles. The molecule has 0 saturated heterocycles. The second-order valence-electron chi connectivity index (χ2n) is 5.42. The van der Waals surface area contributed by atoms with E-state index in [4.69, 9.17) is 21.4 Å². The van der Waals surface area contributed by atoms with E-state index in [0.717, 1.165) is 0 Å². The minimum atomic E-state index is -1.08. The zero-order valence-electron chi connectivity index (χ0n) is 11.6. The van der Waals surface area contributed by atoms with Crippen LogP contribution >= 0.6 is 11.6 Å². The quantitative estimate of drug-likeness (QED) is 0.875. The SMILES string of the molecule is CC(C)(C)[C@@H](NC(=O)COc1ccccc1Cl)C(=O)O. The van der Waals surface area contributed by atoms with Crippen molar-refractivity contribution in [2.75, 3.05) is 6.61 Å². The molecule has 2 N–H and O–H groups in total. The van der Waals surface area contributed by atoms with Crippen molar-refractivity contribution in [1.29, 1.82) is 0 Å². The third-order valence-corrected chi connectivity index (χ3v) is 2.93. The normalized spacial score (nSPS) is 12.6. The van der Waals surface area contributed by atoms with Gasteiger partial charge in [0.05, 0.1) is 5.02 Å². The van der Waals surface area contributed by atoms with Gasteiger partial charge in [-0.05, 0) is 17.5 Å². The van der Waals surface area contributed by atoms with Crippen LogP contribution in [0.15, 0.2) is 24.3 Å².